The fourth-order valence-corrected chi connectivity index (χ4v) is 2.15. The second-order valence-corrected chi connectivity index (χ2v) is 4.35. The fourth-order valence-electron chi connectivity index (χ4n) is 2.15. The molecule has 1 saturated heterocycles. The van der Waals surface area contributed by atoms with Gasteiger partial charge in [0.15, 0.2) is 0 Å². The van der Waals surface area contributed by atoms with Gasteiger partial charge < -0.3 is 15.5 Å². The monoisotopic (exact) mass is 257 g/mol. The van der Waals surface area contributed by atoms with Crippen LogP contribution in [0.5, 0.6) is 5.75 Å². The maximum atomic E-state index is 12.6. The van der Waals surface area contributed by atoms with Crippen molar-refractivity contribution in [3.8, 4) is 5.75 Å². The highest BCUT2D eigenvalue weighted by molar-refractivity contribution is 5.71. The Balaban J connectivity index is 2.23. The van der Waals surface area contributed by atoms with Gasteiger partial charge in [-0.3, -0.25) is 4.79 Å². The van der Waals surface area contributed by atoms with Crippen molar-refractivity contribution < 1.29 is 23.8 Å². The quantitative estimate of drug-likeness (QED) is 0.775. The molecule has 1 aromatic rings. The van der Waals surface area contributed by atoms with E-state index >= 15 is 0 Å². The van der Waals surface area contributed by atoms with Gasteiger partial charge in [0.05, 0.1) is 5.92 Å². The van der Waals surface area contributed by atoms with Crippen molar-refractivity contribution >= 4 is 5.97 Å². The molecule has 0 spiro atoms. The first kappa shape index (κ1) is 12.8. The number of hydrogen-bond donors (Lipinski definition) is 3. The highest BCUT2D eigenvalue weighted by atomic mass is 19.3. The first-order valence-corrected chi connectivity index (χ1v) is 5.56. The molecule has 0 amide bonds. The first-order valence-electron chi connectivity index (χ1n) is 5.56. The third-order valence-corrected chi connectivity index (χ3v) is 3.16. The molecule has 1 heterocycles. The predicted molar refractivity (Wildman–Crippen MR) is 59.6 cm³/mol. The topological polar surface area (TPSA) is 69.6 Å². The number of carboxylic acid groups (broad SMARTS) is 1. The van der Waals surface area contributed by atoms with Crippen LogP contribution in [0.15, 0.2) is 18.2 Å². The van der Waals surface area contributed by atoms with Crippen molar-refractivity contribution in [2.75, 3.05) is 6.54 Å². The summed E-state index contributed by atoms with van der Waals surface area (Å²) in [7, 11) is 0. The lowest BCUT2D eigenvalue weighted by Crippen LogP contribution is -2.17. The summed E-state index contributed by atoms with van der Waals surface area (Å²) in [4.78, 5) is 10.8. The number of aromatic hydroxyl groups is 1. The van der Waals surface area contributed by atoms with Gasteiger partial charge in [0.2, 0.25) is 0 Å². The Labute approximate surface area is 102 Å². The van der Waals surface area contributed by atoms with Crippen LogP contribution in [0.25, 0.3) is 0 Å². The van der Waals surface area contributed by atoms with Crippen molar-refractivity contribution in [2.45, 2.75) is 18.9 Å². The third-order valence-electron chi connectivity index (χ3n) is 3.16. The zero-order chi connectivity index (χ0) is 13.3. The van der Waals surface area contributed by atoms with E-state index < -0.39 is 24.4 Å². The minimum absolute atomic E-state index is 0.0945. The zero-order valence-corrected chi connectivity index (χ0v) is 9.44. The molecule has 98 valence electrons. The summed E-state index contributed by atoms with van der Waals surface area (Å²) < 4.78 is 25.1. The zero-order valence-electron chi connectivity index (χ0n) is 9.44. The van der Waals surface area contributed by atoms with Gasteiger partial charge in [-0.2, -0.15) is 0 Å². The summed E-state index contributed by atoms with van der Waals surface area (Å²) in [6.45, 7) is 0.276. The van der Waals surface area contributed by atoms with Gasteiger partial charge >= 0.3 is 5.97 Å². The smallest absolute Gasteiger partial charge is 0.307 e. The molecule has 1 aliphatic heterocycles. The van der Waals surface area contributed by atoms with Crippen LogP contribution in [0, 0.1) is 5.92 Å². The number of rotatable bonds is 3. The number of nitrogens with one attached hydrogen (secondary N) is 1. The van der Waals surface area contributed by atoms with Gasteiger partial charge in [-0.1, -0.05) is 0 Å². The normalized spacial score (nSPS) is 23.5. The summed E-state index contributed by atoms with van der Waals surface area (Å²) in [6.07, 6.45) is -2.32. The first-order chi connectivity index (χ1) is 8.49. The predicted octanol–water partition coefficient (Wildman–Crippen LogP) is 2.06. The van der Waals surface area contributed by atoms with Gasteiger partial charge in [0, 0.05) is 23.7 Å². The van der Waals surface area contributed by atoms with E-state index in [1.54, 1.807) is 0 Å². The van der Waals surface area contributed by atoms with E-state index in [1.165, 1.54) is 12.1 Å². The molecule has 3 N–H and O–H groups in total. The average Bonchev–Trinajstić information content (AvgIpc) is 2.78. The number of phenolic OH excluding ortho intramolecular Hbond substituents is 1. The number of alkyl halides is 2. The molecule has 1 aromatic carbocycles. The molecular weight excluding hydrogens is 244 g/mol. The van der Waals surface area contributed by atoms with Crippen molar-refractivity contribution in [1.82, 2.24) is 5.32 Å². The molecule has 0 saturated carbocycles. The molecule has 18 heavy (non-hydrogen) atoms. The van der Waals surface area contributed by atoms with Crippen LogP contribution < -0.4 is 5.32 Å². The summed E-state index contributed by atoms with van der Waals surface area (Å²) in [5.41, 5.74) is 0.153. The molecule has 0 bridgehead atoms. The van der Waals surface area contributed by atoms with Crippen LogP contribution in [0.1, 0.15) is 30.0 Å². The number of hydrogen-bond acceptors (Lipinski definition) is 3. The van der Waals surface area contributed by atoms with E-state index in [0.717, 1.165) is 6.07 Å². The molecule has 0 aromatic heterocycles. The number of carboxylic acids is 1. The molecule has 2 unspecified atom stereocenters. The molecule has 0 aliphatic carbocycles. The fraction of sp³-hybridized carbons (Fsp3) is 0.417. The van der Waals surface area contributed by atoms with Gasteiger partial charge in [0.25, 0.3) is 6.43 Å². The molecule has 1 aliphatic rings. The van der Waals surface area contributed by atoms with Crippen molar-refractivity contribution in [2.24, 2.45) is 5.92 Å². The van der Waals surface area contributed by atoms with Gasteiger partial charge in [-0.05, 0) is 24.6 Å². The lowest BCUT2D eigenvalue weighted by molar-refractivity contribution is -0.141. The lowest BCUT2D eigenvalue weighted by Gasteiger charge is -2.14. The third kappa shape index (κ3) is 2.43. The van der Waals surface area contributed by atoms with Crippen molar-refractivity contribution in [1.29, 1.82) is 0 Å². The van der Waals surface area contributed by atoms with Crippen LogP contribution in [-0.2, 0) is 4.79 Å². The Kier molecular flexibility index (Phi) is 3.47. The second kappa shape index (κ2) is 4.89. The standard InChI is InChI=1S/C12H13F2NO3/c13-11(14)6-1-2-10(16)8(3-6)9-4-7(5-15-9)12(17)18/h1-3,7,9,11,15-16H,4-5H2,(H,17,18). The number of aliphatic carboxylic acids is 1. The number of benzene rings is 1. The van der Waals surface area contributed by atoms with Gasteiger partial charge in [-0.15, -0.1) is 0 Å². The van der Waals surface area contributed by atoms with E-state index in [1.807, 2.05) is 0 Å². The van der Waals surface area contributed by atoms with Gasteiger partial charge in [-0.25, -0.2) is 8.78 Å². The number of phenols is 1. The number of halogens is 2. The highest BCUT2D eigenvalue weighted by Crippen LogP contribution is 2.35. The van der Waals surface area contributed by atoms with Gasteiger partial charge in [0.1, 0.15) is 5.75 Å². The minimum Gasteiger partial charge on any atom is -0.508 e. The molecular formula is C12H13F2NO3. The van der Waals surface area contributed by atoms with E-state index in [-0.39, 0.29) is 24.3 Å². The molecule has 6 heteroatoms. The minimum atomic E-state index is -2.61. The Morgan fingerprint density at radius 1 is 1.44 bits per heavy atom. The van der Waals surface area contributed by atoms with E-state index in [4.69, 9.17) is 5.11 Å². The Morgan fingerprint density at radius 3 is 2.72 bits per heavy atom. The van der Waals surface area contributed by atoms with Crippen LogP contribution >= 0.6 is 0 Å². The Bertz CT molecular complexity index is 465. The van der Waals surface area contributed by atoms with Crippen LogP contribution in [0.2, 0.25) is 0 Å². The largest absolute Gasteiger partial charge is 0.508 e. The summed E-state index contributed by atoms with van der Waals surface area (Å²) in [5.74, 6) is -1.57. The molecule has 2 rings (SSSR count). The summed E-state index contributed by atoms with van der Waals surface area (Å²) in [6, 6.07) is 3.20. The maximum absolute atomic E-state index is 12.6. The average molecular weight is 257 g/mol. The van der Waals surface area contributed by atoms with E-state index in [0.29, 0.717) is 5.56 Å². The SMILES string of the molecule is O=C(O)C1CNC(c2cc(C(F)F)ccc2O)C1. The van der Waals surface area contributed by atoms with E-state index in [9.17, 15) is 18.7 Å². The van der Waals surface area contributed by atoms with E-state index in [2.05, 4.69) is 5.32 Å². The lowest BCUT2D eigenvalue weighted by atomic mass is 9.98. The Hall–Kier alpha value is -1.69. The van der Waals surface area contributed by atoms with Crippen molar-refractivity contribution in [3.63, 3.8) is 0 Å². The summed E-state index contributed by atoms with van der Waals surface area (Å²) >= 11 is 0. The Morgan fingerprint density at radius 2 is 2.17 bits per heavy atom. The van der Waals surface area contributed by atoms with Crippen molar-refractivity contribution in [3.05, 3.63) is 29.3 Å². The highest BCUT2D eigenvalue weighted by Gasteiger charge is 2.31. The molecule has 1 fully saturated rings. The molecule has 2 atom stereocenters. The van der Waals surface area contributed by atoms with Crippen LogP contribution in [0.4, 0.5) is 8.78 Å². The van der Waals surface area contributed by atoms with Crippen LogP contribution in [0.3, 0.4) is 0 Å². The summed E-state index contributed by atoms with van der Waals surface area (Å²) in [5, 5.41) is 21.5. The molecule has 4 nitrogen and oxygen atoms in total. The maximum Gasteiger partial charge on any atom is 0.307 e. The molecule has 0 radical (unpaired) electrons. The number of carbonyl (C=O) groups is 1. The second-order valence-electron chi connectivity index (χ2n) is 4.35. The van der Waals surface area contributed by atoms with Crippen LogP contribution in [-0.4, -0.2) is 22.7 Å².